The zero-order chi connectivity index (χ0) is 18.1. The molecule has 5 heteroatoms. The number of piperidine rings is 2. The largest absolute Gasteiger partial charge is 0.353 e. The number of para-hydroxylation sites is 1. The van der Waals surface area contributed by atoms with Crippen molar-refractivity contribution >= 4 is 28.9 Å². The summed E-state index contributed by atoms with van der Waals surface area (Å²) < 4.78 is 0. The van der Waals surface area contributed by atoms with E-state index >= 15 is 0 Å². The third-order valence-corrected chi connectivity index (χ3v) is 6.46. The second-order valence-corrected chi connectivity index (χ2v) is 8.42. The number of aryl methyl sites for hydroxylation is 1. The van der Waals surface area contributed by atoms with Gasteiger partial charge in [0.05, 0.1) is 0 Å². The first-order chi connectivity index (χ1) is 12.7. The number of anilines is 1. The van der Waals surface area contributed by atoms with E-state index in [0.29, 0.717) is 24.0 Å². The summed E-state index contributed by atoms with van der Waals surface area (Å²) in [5.41, 5.74) is 2.42. The molecule has 2 heterocycles. The molecule has 26 heavy (non-hydrogen) atoms. The molecule has 2 atom stereocenters. The summed E-state index contributed by atoms with van der Waals surface area (Å²) >= 11 is 5.82. The van der Waals surface area contributed by atoms with Crippen LogP contribution < -0.4 is 10.6 Å². The van der Waals surface area contributed by atoms with Gasteiger partial charge in [0.25, 0.3) is 0 Å². The van der Waals surface area contributed by atoms with Gasteiger partial charge in [0.2, 0.25) is 5.91 Å². The van der Waals surface area contributed by atoms with Crippen molar-refractivity contribution in [2.75, 3.05) is 5.32 Å². The third-order valence-electron chi connectivity index (χ3n) is 6.14. The summed E-state index contributed by atoms with van der Waals surface area (Å²) in [5.74, 6) is 0.570. The minimum atomic E-state index is 0.277. The fourth-order valence-corrected chi connectivity index (χ4v) is 5.03. The normalized spacial score (nSPS) is 27.7. The number of benzene rings is 1. The highest BCUT2D eigenvalue weighted by atomic mass is 32.1. The Hall–Kier alpha value is -1.62. The molecule has 0 spiro atoms. The third kappa shape index (κ3) is 3.73. The average molecular weight is 372 g/mol. The van der Waals surface area contributed by atoms with Gasteiger partial charge in [0.1, 0.15) is 0 Å². The highest BCUT2D eigenvalue weighted by Crippen LogP contribution is 2.36. The number of hydrogen-bond donors (Lipinski definition) is 2. The number of nitrogens with zero attached hydrogens (tertiary/aromatic N) is 1. The molecule has 3 aliphatic rings. The van der Waals surface area contributed by atoms with Crippen molar-refractivity contribution in [2.24, 2.45) is 5.92 Å². The van der Waals surface area contributed by atoms with E-state index in [9.17, 15) is 4.79 Å². The van der Waals surface area contributed by atoms with E-state index in [-0.39, 0.29) is 5.91 Å². The molecule has 3 fully saturated rings. The van der Waals surface area contributed by atoms with Crippen LogP contribution in [0.4, 0.5) is 5.69 Å². The maximum Gasteiger partial charge on any atom is 0.223 e. The van der Waals surface area contributed by atoms with Crippen molar-refractivity contribution in [3.63, 3.8) is 0 Å². The van der Waals surface area contributed by atoms with Crippen LogP contribution in [-0.4, -0.2) is 34.0 Å². The van der Waals surface area contributed by atoms with Crippen LogP contribution in [0.5, 0.6) is 0 Å². The average Bonchev–Trinajstić information content (AvgIpc) is 3.46. The number of fused-ring (bicyclic) bond motifs is 2. The summed E-state index contributed by atoms with van der Waals surface area (Å²) in [7, 11) is 0. The van der Waals surface area contributed by atoms with Crippen LogP contribution in [0.3, 0.4) is 0 Å². The Kier molecular flexibility index (Phi) is 5.16. The van der Waals surface area contributed by atoms with Crippen molar-refractivity contribution < 1.29 is 4.79 Å². The van der Waals surface area contributed by atoms with Crippen molar-refractivity contribution in [1.29, 1.82) is 0 Å². The van der Waals surface area contributed by atoms with E-state index in [4.69, 9.17) is 12.2 Å². The van der Waals surface area contributed by atoms with Gasteiger partial charge in [-0.1, -0.05) is 25.1 Å². The smallest absolute Gasteiger partial charge is 0.223 e. The summed E-state index contributed by atoms with van der Waals surface area (Å²) in [6.45, 7) is 2.17. The lowest BCUT2D eigenvalue weighted by Gasteiger charge is -2.50. The highest BCUT2D eigenvalue weighted by Gasteiger charge is 2.41. The number of rotatable bonds is 4. The van der Waals surface area contributed by atoms with Gasteiger partial charge in [-0.2, -0.15) is 0 Å². The van der Waals surface area contributed by atoms with Gasteiger partial charge in [0.15, 0.2) is 5.11 Å². The lowest BCUT2D eigenvalue weighted by Crippen LogP contribution is -2.59. The number of thiocarbonyl (C=S) groups is 1. The van der Waals surface area contributed by atoms with Gasteiger partial charge in [-0.05, 0) is 75.2 Å². The van der Waals surface area contributed by atoms with Gasteiger partial charge in [-0.15, -0.1) is 0 Å². The number of amides is 1. The number of carbonyl (C=O) groups excluding carboxylic acids is 1. The van der Waals surface area contributed by atoms with Crippen LogP contribution in [0, 0.1) is 5.92 Å². The fourth-order valence-electron chi connectivity index (χ4n) is 4.63. The van der Waals surface area contributed by atoms with Gasteiger partial charge < -0.3 is 15.5 Å². The Morgan fingerprint density at radius 3 is 2.50 bits per heavy atom. The number of carbonyl (C=O) groups is 1. The molecule has 140 valence electrons. The molecule has 4 nitrogen and oxygen atoms in total. The molecule has 1 aromatic rings. The lowest BCUT2D eigenvalue weighted by molar-refractivity contribution is -0.123. The number of nitrogens with one attached hydrogen (secondary N) is 2. The quantitative estimate of drug-likeness (QED) is 0.789. The van der Waals surface area contributed by atoms with Crippen molar-refractivity contribution in [1.82, 2.24) is 10.2 Å². The van der Waals surface area contributed by atoms with Crippen LogP contribution in [0.15, 0.2) is 24.3 Å². The Morgan fingerprint density at radius 2 is 1.85 bits per heavy atom. The Morgan fingerprint density at radius 1 is 1.15 bits per heavy atom. The molecule has 1 aliphatic carbocycles. The van der Waals surface area contributed by atoms with E-state index in [1.165, 1.54) is 24.8 Å². The predicted octanol–water partition coefficient (Wildman–Crippen LogP) is 3.86. The lowest BCUT2D eigenvalue weighted by atomic mass is 9.82. The van der Waals surface area contributed by atoms with E-state index in [2.05, 4.69) is 46.7 Å². The van der Waals surface area contributed by atoms with Gasteiger partial charge >= 0.3 is 0 Å². The maximum atomic E-state index is 12.2. The molecule has 2 N–H and O–H groups in total. The number of hydrogen-bond acceptors (Lipinski definition) is 2. The van der Waals surface area contributed by atoms with E-state index in [0.717, 1.165) is 42.9 Å². The Labute approximate surface area is 161 Å². The Balaban J connectivity index is 1.43. The van der Waals surface area contributed by atoms with Crippen LogP contribution in [-0.2, 0) is 11.2 Å². The SMILES string of the molecule is CCc1ccccc1NC(=S)N1C2CCCC1CC(NC(=O)C1CC1)C2. The van der Waals surface area contributed by atoms with Gasteiger partial charge in [0, 0.05) is 29.7 Å². The summed E-state index contributed by atoms with van der Waals surface area (Å²) in [6.07, 6.45) is 8.79. The fraction of sp³-hybridized carbons (Fsp3) is 0.619. The second-order valence-electron chi connectivity index (χ2n) is 8.04. The molecule has 2 unspecified atom stereocenters. The zero-order valence-corrected chi connectivity index (χ0v) is 16.4. The molecule has 4 rings (SSSR count). The topological polar surface area (TPSA) is 44.4 Å². The molecular formula is C21H29N3OS. The van der Waals surface area contributed by atoms with Gasteiger partial charge in [-0.25, -0.2) is 0 Å². The molecule has 2 saturated heterocycles. The molecule has 1 saturated carbocycles. The summed E-state index contributed by atoms with van der Waals surface area (Å²) in [4.78, 5) is 14.6. The van der Waals surface area contributed by atoms with E-state index in [1.54, 1.807) is 0 Å². The predicted molar refractivity (Wildman–Crippen MR) is 109 cm³/mol. The van der Waals surface area contributed by atoms with Crippen LogP contribution >= 0.6 is 12.2 Å². The van der Waals surface area contributed by atoms with Crippen molar-refractivity contribution in [2.45, 2.75) is 76.4 Å². The van der Waals surface area contributed by atoms with E-state index in [1.807, 2.05) is 0 Å². The first kappa shape index (κ1) is 17.8. The van der Waals surface area contributed by atoms with Crippen LogP contribution in [0.2, 0.25) is 0 Å². The highest BCUT2D eigenvalue weighted by molar-refractivity contribution is 7.80. The molecule has 0 aromatic heterocycles. The Bertz CT molecular complexity index is 674. The minimum Gasteiger partial charge on any atom is -0.353 e. The van der Waals surface area contributed by atoms with Crippen molar-refractivity contribution in [3.05, 3.63) is 29.8 Å². The van der Waals surface area contributed by atoms with E-state index < -0.39 is 0 Å². The summed E-state index contributed by atoms with van der Waals surface area (Å²) in [6, 6.07) is 9.62. The second kappa shape index (κ2) is 7.55. The summed E-state index contributed by atoms with van der Waals surface area (Å²) in [5, 5.41) is 7.68. The monoisotopic (exact) mass is 371 g/mol. The molecule has 1 aromatic carbocycles. The molecule has 2 aliphatic heterocycles. The zero-order valence-electron chi connectivity index (χ0n) is 15.5. The first-order valence-electron chi connectivity index (χ1n) is 10.1. The van der Waals surface area contributed by atoms with Crippen LogP contribution in [0.25, 0.3) is 0 Å². The van der Waals surface area contributed by atoms with Crippen LogP contribution in [0.1, 0.15) is 57.4 Å². The van der Waals surface area contributed by atoms with Crippen molar-refractivity contribution in [3.8, 4) is 0 Å². The molecule has 1 amide bonds. The first-order valence-corrected chi connectivity index (χ1v) is 10.5. The van der Waals surface area contributed by atoms with Gasteiger partial charge in [-0.3, -0.25) is 4.79 Å². The minimum absolute atomic E-state index is 0.277. The standard InChI is InChI=1S/C21H29N3OS/c1-2-14-6-3-4-9-19(14)23-21(26)24-17-7-5-8-18(24)13-16(12-17)22-20(25)15-10-11-15/h3-4,6,9,15-18H,2,5,7-8,10-13H2,1H3,(H,22,25)(H,23,26). The molecule has 0 radical (unpaired) electrons. The molecule has 2 bridgehead atoms. The maximum absolute atomic E-state index is 12.2. The molecular weight excluding hydrogens is 342 g/mol.